The largest absolute Gasteiger partial charge is 0.496 e. The Bertz CT molecular complexity index is 644. The number of fused-ring (bicyclic) bond motifs is 1. The lowest BCUT2D eigenvalue weighted by atomic mass is 10.0. The third-order valence-electron chi connectivity index (χ3n) is 3.33. The lowest BCUT2D eigenvalue weighted by Gasteiger charge is -2.11. The molecule has 1 atom stereocenters. The predicted octanol–water partition coefficient (Wildman–Crippen LogP) is 2.16. The minimum Gasteiger partial charge on any atom is -0.496 e. The summed E-state index contributed by atoms with van der Waals surface area (Å²) in [4.78, 5) is 15.8. The lowest BCUT2D eigenvalue weighted by molar-refractivity contribution is 0.185. The Morgan fingerprint density at radius 3 is 2.79 bits per heavy atom. The minimum atomic E-state index is -0.410. The molecule has 0 amide bonds. The summed E-state index contributed by atoms with van der Waals surface area (Å²) >= 11 is 0. The molecule has 0 saturated carbocycles. The standard InChI is InChI=1S/C15H19NO3/c1-9(17)7-8-11-10(2)16-12-5-4-6-13(19-3)14(12)15(11)18/h4-6,9,17H,7-8H2,1-3H3,(H,16,18). The smallest absolute Gasteiger partial charge is 0.196 e. The Morgan fingerprint density at radius 2 is 2.16 bits per heavy atom. The fourth-order valence-corrected chi connectivity index (χ4v) is 2.29. The van der Waals surface area contributed by atoms with Crippen LogP contribution in [0.4, 0.5) is 0 Å². The summed E-state index contributed by atoms with van der Waals surface area (Å²) in [5.41, 5.74) is 2.34. The van der Waals surface area contributed by atoms with Gasteiger partial charge in [0.05, 0.1) is 24.1 Å². The quantitative estimate of drug-likeness (QED) is 0.886. The molecule has 1 aromatic carbocycles. The number of pyridine rings is 1. The van der Waals surface area contributed by atoms with E-state index < -0.39 is 6.10 Å². The molecule has 0 radical (unpaired) electrons. The average Bonchev–Trinajstić information content (AvgIpc) is 2.37. The van der Waals surface area contributed by atoms with Crippen molar-refractivity contribution in [3.63, 3.8) is 0 Å². The molecule has 2 aromatic rings. The van der Waals surface area contributed by atoms with Gasteiger partial charge >= 0.3 is 0 Å². The molecule has 0 fully saturated rings. The summed E-state index contributed by atoms with van der Waals surface area (Å²) in [6, 6.07) is 5.50. The van der Waals surface area contributed by atoms with E-state index in [0.29, 0.717) is 24.0 Å². The molecule has 1 unspecified atom stereocenters. The van der Waals surface area contributed by atoms with Crippen LogP contribution < -0.4 is 10.2 Å². The van der Waals surface area contributed by atoms with Gasteiger partial charge in [0.15, 0.2) is 5.43 Å². The van der Waals surface area contributed by atoms with Crippen molar-refractivity contribution in [2.45, 2.75) is 32.8 Å². The fraction of sp³-hybridized carbons (Fsp3) is 0.400. The van der Waals surface area contributed by atoms with Crippen molar-refractivity contribution in [2.24, 2.45) is 0 Å². The average molecular weight is 261 g/mol. The SMILES string of the molecule is COc1cccc2[nH]c(C)c(CCC(C)O)c(=O)c12. The number of aromatic nitrogens is 1. The number of aryl methyl sites for hydroxylation is 1. The van der Waals surface area contributed by atoms with Crippen LogP contribution in [0.3, 0.4) is 0 Å². The van der Waals surface area contributed by atoms with Crippen molar-refractivity contribution in [2.75, 3.05) is 7.11 Å². The van der Waals surface area contributed by atoms with Crippen molar-refractivity contribution in [1.82, 2.24) is 4.98 Å². The molecule has 2 rings (SSSR count). The maximum atomic E-state index is 12.6. The highest BCUT2D eigenvalue weighted by molar-refractivity contribution is 5.85. The van der Waals surface area contributed by atoms with E-state index in [1.54, 1.807) is 20.1 Å². The predicted molar refractivity (Wildman–Crippen MR) is 75.9 cm³/mol. The van der Waals surface area contributed by atoms with E-state index in [9.17, 15) is 9.90 Å². The second-order valence-electron chi connectivity index (χ2n) is 4.83. The van der Waals surface area contributed by atoms with Crippen LogP contribution in [0.5, 0.6) is 5.75 Å². The number of aliphatic hydroxyl groups excluding tert-OH is 1. The zero-order valence-electron chi connectivity index (χ0n) is 11.5. The normalized spacial score (nSPS) is 12.6. The van der Waals surface area contributed by atoms with E-state index in [1.807, 2.05) is 19.1 Å². The summed E-state index contributed by atoms with van der Waals surface area (Å²) in [5.74, 6) is 0.581. The molecule has 0 aliphatic rings. The number of aromatic amines is 1. The van der Waals surface area contributed by atoms with E-state index >= 15 is 0 Å². The van der Waals surface area contributed by atoms with Gasteiger partial charge in [0.1, 0.15) is 5.75 Å². The van der Waals surface area contributed by atoms with Crippen molar-refractivity contribution < 1.29 is 9.84 Å². The van der Waals surface area contributed by atoms with Gasteiger partial charge in [-0.25, -0.2) is 0 Å². The van der Waals surface area contributed by atoms with Crippen LogP contribution in [0.2, 0.25) is 0 Å². The highest BCUT2D eigenvalue weighted by atomic mass is 16.5. The highest BCUT2D eigenvalue weighted by Crippen LogP contribution is 2.22. The fourth-order valence-electron chi connectivity index (χ4n) is 2.29. The minimum absolute atomic E-state index is 0.00986. The first-order valence-corrected chi connectivity index (χ1v) is 6.41. The summed E-state index contributed by atoms with van der Waals surface area (Å²) < 4.78 is 5.26. The van der Waals surface area contributed by atoms with Crippen LogP contribution in [-0.2, 0) is 6.42 Å². The van der Waals surface area contributed by atoms with Crippen LogP contribution >= 0.6 is 0 Å². The molecule has 1 heterocycles. The van der Waals surface area contributed by atoms with Gasteiger partial charge in [-0.1, -0.05) is 6.07 Å². The van der Waals surface area contributed by atoms with Gasteiger partial charge in [-0.3, -0.25) is 4.79 Å². The van der Waals surface area contributed by atoms with Crippen LogP contribution in [0.25, 0.3) is 10.9 Å². The molecule has 0 aliphatic heterocycles. The second kappa shape index (κ2) is 5.45. The number of hydrogen-bond acceptors (Lipinski definition) is 3. The first-order chi connectivity index (χ1) is 9.04. The Hall–Kier alpha value is -1.81. The molecule has 4 heteroatoms. The molecule has 102 valence electrons. The molecular formula is C15H19NO3. The Morgan fingerprint density at radius 1 is 1.42 bits per heavy atom. The van der Waals surface area contributed by atoms with Gasteiger partial charge in [-0.05, 0) is 38.8 Å². The van der Waals surface area contributed by atoms with Gasteiger partial charge in [-0.2, -0.15) is 0 Å². The molecular weight excluding hydrogens is 242 g/mol. The molecule has 1 aromatic heterocycles. The third kappa shape index (κ3) is 2.63. The molecule has 2 N–H and O–H groups in total. The van der Waals surface area contributed by atoms with Crippen LogP contribution in [0, 0.1) is 6.92 Å². The van der Waals surface area contributed by atoms with E-state index in [4.69, 9.17) is 4.74 Å². The lowest BCUT2D eigenvalue weighted by Crippen LogP contribution is -2.16. The monoisotopic (exact) mass is 261 g/mol. The van der Waals surface area contributed by atoms with Gasteiger partial charge in [0.2, 0.25) is 0 Å². The molecule has 0 bridgehead atoms. The Balaban J connectivity index is 2.62. The van der Waals surface area contributed by atoms with E-state index in [0.717, 1.165) is 16.8 Å². The van der Waals surface area contributed by atoms with Crippen molar-refractivity contribution in [3.05, 3.63) is 39.7 Å². The van der Waals surface area contributed by atoms with Crippen molar-refractivity contribution >= 4 is 10.9 Å². The first-order valence-electron chi connectivity index (χ1n) is 6.41. The molecule has 0 spiro atoms. The zero-order chi connectivity index (χ0) is 14.0. The molecule has 0 saturated heterocycles. The zero-order valence-corrected chi connectivity index (χ0v) is 11.5. The van der Waals surface area contributed by atoms with Crippen LogP contribution in [0.15, 0.2) is 23.0 Å². The van der Waals surface area contributed by atoms with Crippen LogP contribution in [0.1, 0.15) is 24.6 Å². The number of methoxy groups -OCH3 is 1. The molecule has 0 aliphatic carbocycles. The Kier molecular flexibility index (Phi) is 3.90. The number of nitrogens with one attached hydrogen (secondary N) is 1. The first kappa shape index (κ1) is 13.6. The van der Waals surface area contributed by atoms with Gasteiger partial charge in [-0.15, -0.1) is 0 Å². The number of hydrogen-bond donors (Lipinski definition) is 2. The van der Waals surface area contributed by atoms with Gasteiger partial charge in [0.25, 0.3) is 0 Å². The second-order valence-corrected chi connectivity index (χ2v) is 4.83. The van der Waals surface area contributed by atoms with Gasteiger partial charge in [0, 0.05) is 11.3 Å². The summed E-state index contributed by atoms with van der Waals surface area (Å²) in [7, 11) is 1.56. The molecule has 4 nitrogen and oxygen atoms in total. The Labute approximate surface area is 112 Å². The molecule has 19 heavy (non-hydrogen) atoms. The topological polar surface area (TPSA) is 62.3 Å². The number of aliphatic hydroxyl groups is 1. The van der Waals surface area contributed by atoms with Crippen molar-refractivity contribution in [3.8, 4) is 5.75 Å². The van der Waals surface area contributed by atoms with Crippen molar-refractivity contribution in [1.29, 1.82) is 0 Å². The summed E-state index contributed by atoms with van der Waals surface area (Å²) in [6.07, 6.45) is 0.726. The maximum Gasteiger partial charge on any atom is 0.196 e. The maximum absolute atomic E-state index is 12.6. The number of benzene rings is 1. The number of H-pyrrole nitrogens is 1. The summed E-state index contributed by atoms with van der Waals surface area (Å²) in [6.45, 7) is 3.61. The summed E-state index contributed by atoms with van der Waals surface area (Å²) in [5, 5.41) is 9.95. The van der Waals surface area contributed by atoms with Crippen LogP contribution in [-0.4, -0.2) is 23.3 Å². The van der Waals surface area contributed by atoms with E-state index in [1.165, 1.54) is 0 Å². The van der Waals surface area contributed by atoms with Gasteiger partial charge < -0.3 is 14.8 Å². The number of ether oxygens (including phenoxy) is 1. The van der Waals surface area contributed by atoms with E-state index in [2.05, 4.69) is 4.98 Å². The highest BCUT2D eigenvalue weighted by Gasteiger charge is 2.13. The van der Waals surface area contributed by atoms with E-state index in [-0.39, 0.29) is 5.43 Å². The number of rotatable bonds is 4. The third-order valence-corrected chi connectivity index (χ3v) is 3.33.